The molecule has 0 saturated heterocycles. The molecular weight excluding hydrogens is 203 g/mol. The van der Waals surface area contributed by atoms with Gasteiger partial charge in [-0.25, -0.2) is 4.39 Å². The Kier molecular flexibility index (Phi) is 2.50. The fraction of sp³-hybridized carbons (Fsp3) is 0.100. The summed E-state index contributed by atoms with van der Waals surface area (Å²) >= 11 is 5.65. The molecule has 0 spiro atoms. The third-order valence-corrected chi connectivity index (χ3v) is 2.18. The lowest BCUT2D eigenvalue weighted by Gasteiger charge is -2.02. The molecule has 0 amide bonds. The predicted octanol–water partition coefficient (Wildman–Crippen LogP) is 2.72. The monoisotopic (exact) mass is 210 g/mol. The van der Waals surface area contributed by atoms with Crippen molar-refractivity contribution >= 4 is 11.6 Å². The lowest BCUT2D eigenvalue weighted by atomic mass is 10.2. The molecule has 2 rings (SSSR count). The number of hydrogen-bond acceptors (Lipinski definition) is 1. The summed E-state index contributed by atoms with van der Waals surface area (Å²) in [6, 6.07) is 6.51. The maximum atomic E-state index is 12.8. The van der Waals surface area contributed by atoms with Gasteiger partial charge < -0.3 is 0 Å². The Morgan fingerprint density at radius 2 is 2.29 bits per heavy atom. The van der Waals surface area contributed by atoms with Crippen LogP contribution in [0.3, 0.4) is 0 Å². The highest BCUT2D eigenvalue weighted by Gasteiger charge is 2.01. The van der Waals surface area contributed by atoms with Crippen LogP contribution < -0.4 is 0 Å². The minimum Gasteiger partial charge on any atom is -0.268 e. The van der Waals surface area contributed by atoms with Crippen molar-refractivity contribution in [2.75, 3.05) is 0 Å². The number of rotatable bonds is 2. The Bertz CT molecular complexity index is 426. The summed E-state index contributed by atoms with van der Waals surface area (Å²) in [4.78, 5) is 0. The first-order chi connectivity index (χ1) is 6.75. The van der Waals surface area contributed by atoms with E-state index in [0.29, 0.717) is 6.54 Å². The molecule has 1 heterocycles. The highest BCUT2D eigenvalue weighted by Crippen LogP contribution is 2.16. The fourth-order valence-electron chi connectivity index (χ4n) is 1.22. The molecule has 0 unspecified atom stereocenters. The molecule has 0 aliphatic carbocycles. The minimum absolute atomic E-state index is 0.148. The van der Waals surface area contributed by atoms with Crippen LogP contribution >= 0.6 is 11.6 Å². The van der Waals surface area contributed by atoms with Gasteiger partial charge in [0, 0.05) is 12.4 Å². The van der Waals surface area contributed by atoms with Crippen LogP contribution in [0.1, 0.15) is 5.56 Å². The number of benzene rings is 1. The van der Waals surface area contributed by atoms with Gasteiger partial charge >= 0.3 is 0 Å². The van der Waals surface area contributed by atoms with Crippen LogP contribution in [0.15, 0.2) is 36.7 Å². The molecule has 0 bridgehead atoms. The van der Waals surface area contributed by atoms with E-state index in [0.717, 1.165) is 5.56 Å². The van der Waals surface area contributed by atoms with Crippen molar-refractivity contribution in [1.82, 2.24) is 9.78 Å². The van der Waals surface area contributed by atoms with E-state index in [9.17, 15) is 4.39 Å². The van der Waals surface area contributed by atoms with Crippen LogP contribution in [-0.2, 0) is 6.54 Å². The summed E-state index contributed by atoms with van der Waals surface area (Å²) in [5.41, 5.74) is 0.931. The van der Waals surface area contributed by atoms with Crippen molar-refractivity contribution in [3.05, 3.63) is 53.1 Å². The van der Waals surface area contributed by atoms with E-state index < -0.39 is 5.82 Å². The van der Waals surface area contributed by atoms with Crippen LogP contribution in [0, 0.1) is 5.82 Å². The van der Waals surface area contributed by atoms with Crippen LogP contribution in [-0.4, -0.2) is 9.78 Å². The Hall–Kier alpha value is -1.35. The molecule has 72 valence electrons. The standard InChI is InChI=1S/C10H8ClFN2/c11-9-6-8(2-3-10(9)12)7-14-5-1-4-13-14/h1-6H,7H2. The molecule has 2 aromatic rings. The number of nitrogens with zero attached hydrogens (tertiary/aromatic N) is 2. The summed E-state index contributed by atoms with van der Waals surface area (Å²) in [5.74, 6) is -0.393. The average Bonchev–Trinajstić information content (AvgIpc) is 2.64. The van der Waals surface area contributed by atoms with Gasteiger partial charge in [0.2, 0.25) is 0 Å². The summed E-state index contributed by atoms with van der Waals surface area (Å²) in [7, 11) is 0. The quantitative estimate of drug-likeness (QED) is 0.745. The second-order valence-corrected chi connectivity index (χ2v) is 3.36. The van der Waals surface area contributed by atoms with Crippen LogP contribution in [0.4, 0.5) is 4.39 Å². The zero-order valence-electron chi connectivity index (χ0n) is 7.32. The summed E-state index contributed by atoms with van der Waals surface area (Å²) < 4.78 is 14.6. The maximum Gasteiger partial charge on any atom is 0.141 e. The van der Waals surface area contributed by atoms with Crippen LogP contribution in [0.2, 0.25) is 5.02 Å². The molecule has 4 heteroatoms. The highest BCUT2D eigenvalue weighted by molar-refractivity contribution is 6.30. The minimum atomic E-state index is -0.393. The van der Waals surface area contributed by atoms with Crippen molar-refractivity contribution in [1.29, 1.82) is 0 Å². The molecule has 1 aromatic carbocycles. The lowest BCUT2D eigenvalue weighted by molar-refractivity contribution is 0.625. The molecule has 0 aliphatic rings. The summed E-state index contributed by atoms with van der Waals surface area (Å²) in [6.45, 7) is 0.604. The second kappa shape index (κ2) is 3.80. The van der Waals surface area contributed by atoms with E-state index in [2.05, 4.69) is 5.10 Å². The first kappa shape index (κ1) is 9.21. The van der Waals surface area contributed by atoms with Gasteiger partial charge in [0.05, 0.1) is 11.6 Å². The first-order valence-corrected chi connectivity index (χ1v) is 4.55. The summed E-state index contributed by atoms with van der Waals surface area (Å²) in [6.07, 6.45) is 3.54. The molecule has 0 radical (unpaired) electrons. The molecule has 0 atom stereocenters. The molecule has 0 N–H and O–H groups in total. The molecule has 1 aromatic heterocycles. The molecule has 14 heavy (non-hydrogen) atoms. The Morgan fingerprint density at radius 1 is 1.43 bits per heavy atom. The highest BCUT2D eigenvalue weighted by atomic mass is 35.5. The van der Waals surface area contributed by atoms with Crippen LogP contribution in [0.5, 0.6) is 0 Å². The number of aromatic nitrogens is 2. The third-order valence-electron chi connectivity index (χ3n) is 1.89. The summed E-state index contributed by atoms with van der Waals surface area (Å²) in [5, 5.41) is 4.19. The van der Waals surface area contributed by atoms with Crippen molar-refractivity contribution < 1.29 is 4.39 Å². The number of hydrogen-bond donors (Lipinski definition) is 0. The zero-order chi connectivity index (χ0) is 9.97. The predicted molar refractivity (Wildman–Crippen MR) is 52.7 cm³/mol. The van der Waals surface area contributed by atoms with Gasteiger partial charge in [-0.15, -0.1) is 0 Å². The number of halogens is 2. The van der Waals surface area contributed by atoms with Crippen LogP contribution in [0.25, 0.3) is 0 Å². The first-order valence-electron chi connectivity index (χ1n) is 4.17. The van der Waals surface area contributed by atoms with Gasteiger partial charge in [0.25, 0.3) is 0 Å². The van der Waals surface area contributed by atoms with E-state index in [4.69, 9.17) is 11.6 Å². The Morgan fingerprint density at radius 3 is 2.93 bits per heavy atom. The molecule has 2 nitrogen and oxygen atoms in total. The third kappa shape index (κ3) is 1.93. The van der Waals surface area contributed by atoms with E-state index in [1.54, 1.807) is 23.0 Å². The smallest absolute Gasteiger partial charge is 0.141 e. The van der Waals surface area contributed by atoms with E-state index in [-0.39, 0.29) is 5.02 Å². The second-order valence-electron chi connectivity index (χ2n) is 2.95. The fourth-order valence-corrected chi connectivity index (χ4v) is 1.42. The van der Waals surface area contributed by atoms with Crippen molar-refractivity contribution in [3.8, 4) is 0 Å². The van der Waals surface area contributed by atoms with E-state index in [1.807, 2.05) is 12.3 Å². The normalized spacial score (nSPS) is 10.4. The van der Waals surface area contributed by atoms with Gasteiger partial charge in [-0.3, -0.25) is 4.68 Å². The largest absolute Gasteiger partial charge is 0.268 e. The molecular formula is C10H8ClFN2. The van der Waals surface area contributed by atoms with E-state index in [1.165, 1.54) is 6.07 Å². The van der Waals surface area contributed by atoms with Crippen molar-refractivity contribution in [3.63, 3.8) is 0 Å². The Balaban J connectivity index is 2.22. The van der Waals surface area contributed by atoms with Gasteiger partial charge in [-0.05, 0) is 23.8 Å². The zero-order valence-corrected chi connectivity index (χ0v) is 8.08. The van der Waals surface area contributed by atoms with Crippen molar-refractivity contribution in [2.45, 2.75) is 6.54 Å². The molecule has 0 saturated carbocycles. The Labute approximate surface area is 85.9 Å². The van der Waals surface area contributed by atoms with Gasteiger partial charge in [0.1, 0.15) is 5.82 Å². The van der Waals surface area contributed by atoms with Gasteiger partial charge in [-0.1, -0.05) is 17.7 Å². The average molecular weight is 211 g/mol. The topological polar surface area (TPSA) is 17.8 Å². The van der Waals surface area contributed by atoms with Gasteiger partial charge in [-0.2, -0.15) is 5.10 Å². The molecule has 0 aliphatic heterocycles. The lowest BCUT2D eigenvalue weighted by Crippen LogP contribution is -1.99. The SMILES string of the molecule is Fc1ccc(Cn2cccn2)cc1Cl. The van der Waals surface area contributed by atoms with Crippen molar-refractivity contribution in [2.24, 2.45) is 0 Å². The van der Waals surface area contributed by atoms with E-state index >= 15 is 0 Å². The maximum absolute atomic E-state index is 12.8. The van der Waals surface area contributed by atoms with Gasteiger partial charge in [0.15, 0.2) is 0 Å². The molecule has 0 fully saturated rings.